The van der Waals surface area contributed by atoms with Crippen molar-refractivity contribution in [1.29, 1.82) is 0 Å². The first-order chi connectivity index (χ1) is 10.6. The summed E-state index contributed by atoms with van der Waals surface area (Å²) in [5.41, 5.74) is 1.20. The average Bonchev–Trinajstić information content (AvgIpc) is 2.55. The number of amides is 1. The van der Waals surface area contributed by atoms with Crippen LogP contribution in [0.3, 0.4) is 0 Å². The summed E-state index contributed by atoms with van der Waals surface area (Å²) in [6.45, 7) is 5.03. The first-order valence-electron chi connectivity index (χ1n) is 8.36. The Morgan fingerprint density at radius 3 is 2.64 bits per heavy atom. The molecule has 1 amide bonds. The van der Waals surface area contributed by atoms with E-state index in [1.54, 1.807) is 7.11 Å². The molecule has 1 aromatic carbocycles. The third-order valence-electron chi connectivity index (χ3n) is 4.72. The first-order valence-corrected chi connectivity index (χ1v) is 8.36. The number of nitrogens with two attached hydrogens (primary N) is 1. The molecule has 1 aromatic rings. The minimum atomic E-state index is -0.0590. The van der Waals surface area contributed by atoms with Gasteiger partial charge in [-0.1, -0.05) is 19.8 Å². The van der Waals surface area contributed by atoms with Crippen molar-refractivity contribution in [1.82, 2.24) is 5.32 Å². The standard InChI is InChI=1S/C18H28N2O2/c1-13-6-4-5-7-17(13)20-18(21)14(2)19-12-15-8-10-16(22-3)11-9-15/h8-11,13-14,17,19H,4-7,12H2,1-3H3,(H,20,21)/p+1/t13-,14+,17+/m0/s1. The van der Waals surface area contributed by atoms with Crippen molar-refractivity contribution < 1.29 is 14.8 Å². The van der Waals surface area contributed by atoms with Gasteiger partial charge < -0.3 is 15.4 Å². The Labute approximate surface area is 133 Å². The number of hydrogen-bond donors (Lipinski definition) is 2. The highest BCUT2D eigenvalue weighted by Gasteiger charge is 2.25. The number of hydrogen-bond acceptors (Lipinski definition) is 2. The van der Waals surface area contributed by atoms with E-state index in [0.717, 1.165) is 18.7 Å². The van der Waals surface area contributed by atoms with Crippen LogP contribution in [0.1, 0.15) is 45.1 Å². The lowest BCUT2D eigenvalue weighted by molar-refractivity contribution is -0.689. The van der Waals surface area contributed by atoms with Gasteiger partial charge in [0.2, 0.25) is 0 Å². The van der Waals surface area contributed by atoms with E-state index in [1.165, 1.54) is 24.8 Å². The van der Waals surface area contributed by atoms with E-state index >= 15 is 0 Å². The van der Waals surface area contributed by atoms with Crippen LogP contribution < -0.4 is 15.4 Å². The van der Waals surface area contributed by atoms with Crippen LogP contribution >= 0.6 is 0 Å². The molecule has 22 heavy (non-hydrogen) atoms. The SMILES string of the molecule is COc1ccc(C[NH2+][C@H](C)C(=O)N[C@@H]2CCCC[C@@H]2C)cc1. The number of rotatable bonds is 6. The fourth-order valence-corrected chi connectivity index (χ4v) is 3.03. The van der Waals surface area contributed by atoms with Gasteiger partial charge in [-0.2, -0.15) is 0 Å². The van der Waals surface area contributed by atoms with Gasteiger partial charge >= 0.3 is 0 Å². The predicted octanol–water partition coefficient (Wildman–Crippen LogP) is 1.84. The Hall–Kier alpha value is -1.55. The molecule has 3 atom stereocenters. The quantitative estimate of drug-likeness (QED) is 0.842. The number of carbonyl (C=O) groups is 1. The molecule has 1 fully saturated rings. The summed E-state index contributed by atoms with van der Waals surface area (Å²) in [7, 11) is 1.67. The van der Waals surface area contributed by atoms with Gasteiger partial charge in [0.25, 0.3) is 5.91 Å². The predicted molar refractivity (Wildman–Crippen MR) is 87.6 cm³/mol. The van der Waals surface area contributed by atoms with Crippen LogP contribution in [-0.4, -0.2) is 25.1 Å². The van der Waals surface area contributed by atoms with Crippen molar-refractivity contribution in [2.45, 2.75) is 58.2 Å². The van der Waals surface area contributed by atoms with E-state index < -0.39 is 0 Å². The molecular formula is C18H29N2O2+. The summed E-state index contributed by atoms with van der Waals surface area (Å²) >= 11 is 0. The van der Waals surface area contributed by atoms with Gasteiger partial charge in [-0.05, 0) is 49.9 Å². The Bertz CT molecular complexity index is 472. The summed E-state index contributed by atoms with van der Waals surface area (Å²) in [6.07, 6.45) is 4.89. The second kappa shape index (κ2) is 8.18. The number of quaternary nitrogens is 1. The molecule has 1 aliphatic carbocycles. The molecule has 0 heterocycles. The maximum atomic E-state index is 12.3. The van der Waals surface area contributed by atoms with E-state index in [1.807, 2.05) is 31.2 Å². The topological polar surface area (TPSA) is 54.9 Å². The van der Waals surface area contributed by atoms with Crippen LogP contribution in [0.2, 0.25) is 0 Å². The lowest BCUT2D eigenvalue weighted by atomic mass is 9.86. The molecule has 4 nitrogen and oxygen atoms in total. The molecule has 1 aliphatic rings. The molecule has 0 spiro atoms. The zero-order valence-corrected chi connectivity index (χ0v) is 14.0. The van der Waals surface area contributed by atoms with Crippen LogP contribution in [0.4, 0.5) is 0 Å². The molecule has 3 N–H and O–H groups in total. The van der Waals surface area contributed by atoms with Crippen molar-refractivity contribution in [3.8, 4) is 5.75 Å². The van der Waals surface area contributed by atoms with E-state index in [-0.39, 0.29) is 11.9 Å². The number of nitrogens with one attached hydrogen (secondary N) is 1. The molecule has 122 valence electrons. The van der Waals surface area contributed by atoms with Gasteiger partial charge in [-0.25, -0.2) is 0 Å². The van der Waals surface area contributed by atoms with Gasteiger partial charge in [0, 0.05) is 11.6 Å². The number of carbonyl (C=O) groups excluding carboxylic acids is 1. The van der Waals surface area contributed by atoms with Gasteiger partial charge in [-0.3, -0.25) is 4.79 Å². The smallest absolute Gasteiger partial charge is 0.278 e. The Balaban J connectivity index is 1.77. The highest BCUT2D eigenvalue weighted by molar-refractivity contribution is 5.80. The van der Waals surface area contributed by atoms with Crippen molar-refractivity contribution in [3.63, 3.8) is 0 Å². The number of methoxy groups -OCH3 is 1. The third-order valence-corrected chi connectivity index (χ3v) is 4.72. The Kier molecular flexibility index (Phi) is 6.25. The van der Waals surface area contributed by atoms with Crippen molar-refractivity contribution in [2.75, 3.05) is 7.11 Å². The van der Waals surface area contributed by atoms with E-state index in [9.17, 15) is 4.79 Å². The van der Waals surface area contributed by atoms with Crippen LogP contribution in [0.15, 0.2) is 24.3 Å². The van der Waals surface area contributed by atoms with Gasteiger partial charge in [0.15, 0.2) is 6.04 Å². The van der Waals surface area contributed by atoms with Gasteiger partial charge in [-0.15, -0.1) is 0 Å². The molecular weight excluding hydrogens is 276 g/mol. The fourth-order valence-electron chi connectivity index (χ4n) is 3.03. The van der Waals surface area contributed by atoms with Crippen molar-refractivity contribution in [2.24, 2.45) is 5.92 Å². The van der Waals surface area contributed by atoms with E-state index in [4.69, 9.17) is 4.74 Å². The molecule has 0 aliphatic heterocycles. The summed E-state index contributed by atoms with van der Waals surface area (Å²) < 4.78 is 5.15. The van der Waals surface area contributed by atoms with Crippen LogP contribution in [-0.2, 0) is 11.3 Å². The third kappa shape index (κ3) is 4.73. The molecule has 0 unspecified atom stereocenters. The molecule has 1 saturated carbocycles. The molecule has 4 heteroatoms. The molecule has 0 bridgehead atoms. The normalized spacial score (nSPS) is 22.9. The van der Waals surface area contributed by atoms with Crippen LogP contribution in [0.25, 0.3) is 0 Å². The second-order valence-corrected chi connectivity index (χ2v) is 6.45. The minimum absolute atomic E-state index is 0.0590. The minimum Gasteiger partial charge on any atom is -0.497 e. The van der Waals surface area contributed by atoms with E-state index in [0.29, 0.717) is 12.0 Å². The highest BCUT2D eigenvalue weighted by atomic mass is 16.5. The Morgan fingerprint density at radius 2 is 2.00 bits per heavy atom. The maximum Gasteiger partial charge on any atom is 0.278 e. The monoisotopic (exact) mass is 305 g/mol. The van der Waals surface area contributed by atoms with Crippen molar-refractivity contribution in [3.05, 3.63) is 29.8 Å². The fraction of sp³-hybridized carbons (Fsp3) is 0.611. The lowest BCUT2D eigenvalue weighted by Crippen LogP contribution is -2.90. The van der Waals surface area contributed by atoms with Crippen LogP contribution in [0.5, 0.6) is 5.75 Å². The maximum absolute atomic E-state index is 12.3. The summed E-state index contributed by atoms with van der Waals surface area (Å²) in [4.78, 5) is 12.3. The molecule has 0 saturated heterocycles. The van der Waals surface area contributed by atoms with Gasteiger partial charge in [0.05, 0.1) is 7.11 Å². The first kappa shape index (κ1) is 16.8. The zero-order valence-electron chi connectivity index (χ0n) is 14.0. The number of ether oxygens (including phenoxy) is 1. The second-order valence-electron chi connectivity index (χ2n) is 6.45. The summed E-state index contributed by atoms with van der Waals surface area (Å²) in [5, 5.41) is 5.32. The summed E-state index contributed by atoms with van der Waals surface area (Å²) in [6, 6.07) is 8.30. The Morgan fingerprint density at radius 1 is 1.32 bits per heavy atom. The van der Waals surface area contributed by atoms with Crippen molar-refractivity contribution >= 4 is 5.91 Å². The number of benzene rings is 1. The van der Waals surface area contributed by atoms with Gasteiger partial charge in [0.1, 0.15) is 12.3 Å². The molecule has 2 rings (SSSR count). The largest absolute Gasteiger partial charge is 0.497 e. The average molecular weight is 305 g/mol. The molecule has 0 radical (unpaired) electrons. The molecule has 0 aromatic heterocycles. The van der Waals surface area contributed by atoms with E-state index in [2.05, 4.69) is 17.6 Å². The highest BCUT2D eigenvalue weighted by Crippen LogP contribution is 2.23. The summed E-state index contributed by atoms with van der Waals surface area (Å²) in [5.74, 6) is 1.62. The van der Waals surface area contributed by atoms with Crippen LogP contribution in [0, 0.1) is 5.92 Å². The zero-order chi connectivity index (χ0) is 15.9. The lowest BCUT2D eigenvalue weighted by Gasteiger charge is -2.30.